The predicted molar refractivity (Wildman–Crippen MR) is 67.9 cm³/mol. The molecule has 0 aromatic carbocycles. The number of hydrogen-bond donors (Lipinski definition) is 1. The van der Waals surface area contributed by atoms with Gasteiger partial charge in [-0.25, -0.2) is 0 Å². The van der Waals surface area contributed by atoms with Crippen LogP contribution in [0.15, 0.2) is 23.8 Å². The Balaban J connectivity index is 2.92. The Morgan fingerprint density at radius 1 is 1.71 bits per heavy atom. The van der Waals surface area contributed by atoms with Gasteiger partial charge >= 0.3 is 0 Å². The second-order valence-corrected chi connectivity index (χ2v) is 7.16. The molecule has 1 nitrogen and oxygen atoms in total. The fourth-order valence-electron chi connectivity index (χ4n) is 1.75. The Labute approximate surface area is 103 Å². The van der Waals surface area contributed by atoms with Crippen molar-refractivity contribution in [3.63, 3.8) is 0 Å². The molecule has 1 rings (SSSR count). The van der Waals surface area contributed by atoms with Gasteiger partial charge < -0.3 is 5.11 Å². The average molecular weight is 324 g/mol. The molecule has 0 amide bonds. The van der Waals surface area contributed by atoms with E-state index < -0.39 is 5.60 Å². The zero-order chi connectivity index (χ0) is 10.9. The summed E-state index contributed by atoms with van der Waals surface area (Å²) in [5.74, 6) is 0.390. The molecule has 0 heterocycles. The van der Waals surface area contributed by atoms with Crippen LogP contribution in [0.1, 0.15) is 26.7 Å². The van der Waals surface area contributed by atoms with Crippen LogP contribution in [0.25, 0.3) is 0 Å². The van der Waals surface area contributed by atoms with Crippen molar-refractivity contribution >= 4 is 31.9 Å². The first kappa shape index (κ1) is 12.5. The lowest BCUT2D eigenvalue weighted by atomic mass is 9.77. The molecular weight excluding hydrogens is 308 g/mol. The van der Waals surface area contributed by atoms with Gasteiger partial charge in [0.2, 0.25) is 0 Å². The fourth-order valence-corrected chi connectivity index (χ4v) is 2.85. The quantitative estimate of drug-likeness (QED) is 0.606. The van der Waals surface area contributed by atoms with E-state index >= 15 is 0 Å². The molecule has 0 bridgehead atoms. The highest BCUT2D eigenvalue weighted by Gasteiger charge is 2.40. The monoisotopic (exact) mass is 322 g/mol. The number of alkyl halides is 2. The van der Waals surface area contributed by atoms with Crippen LogP contribution in [0.5, 0.6) is 0 Å². The molecule has 0 radical (unpaired) electrons. The SMILES string of the molecule is C=C(C)[C@@H]1CC=C(C)[C@@](O)(C(Br)Br)C1. The number of aliphatic hydroxyl groups is 1. The normalized spacial score (nSPS) is 33.0. The van der Waals surface area contributed by atoms with E-state index in [1.807, 2.05) is 13.8 Å². The van der Waals surface area contributed by atoms with Crippen molar-refractivity contribution in [2.75, 3.05) is 0 Å². The van der Waals surface area contributed by atoms with E-state index in [0.29, 0.717) is 5.92 Å². The minimum Gasteiger partial charge on any atom is -0.383 e. The summed E-state index contributed by atoms with van der Waals surface area (Å²) in [6.07, 6.45) is 3.85. The van der Waals surface area contributed by atoms with Crippen LogP contribution in [-0.4, -0.2) is 14.4 Å². The lowest BCUT2D eigenvalue weighted by molar-refractivity contribution is 0.0684. The predicted octanol–water partition coefficient (Wildman–Crippen LogP) is 3.77. The molecule has 2 atom stereocenters. The van der Waals surface area contributed by atoms with Gasteiger partial charge in [-0.15, -0.1) is 0 Å². The van der Waals surface area contributed by atoms with Crippen LogP contribution in [0.3, 0.4) is 0 Å². The maximum Gasteiger partial charge on any atom is 0.108 e. The third kappa shape index (κ3) is 2.31. The molecule has 1 aliphatic carbocycles. The van der Waals surface area contributed by atoms with Crippen LogP contribution >= 0.6 is 31.9 Å². The molecule has 80 valence electrons. The lowest BCUT2D eigenvalue weighted by Crippen LogP contribution is -2.41. The van der Waals surface area contributed by atoms with E-state index in [1.54, 1.807) is 0 Å². The van der Waals surface area contributed by atoms with E-state index in [-0.39, 0.29) is 3.74 Å². The molecule has 0 spiro atoms. The Kier molecular flexibility index (Phi) is 4.01. The molecular formula is C11H16Br2O. The second kappa shape index (κ2) is 4.50. The minimum atomic E-state index is -0.776. The van der Waals surface area contributed by atoms with Crippen molar-refractivity contribution in [3.05, 3.63) is 23.8 Å². The van der Waals surface area contributed by atoms with Gasteiger partial charge in [0, 0.05) is 0 Å². The van der Waals surface area contributed by atoms with E-state index in [9.17, 15) is 5.11 Å². The largest absolute Gasteiger partial charge is 0.383 e. The molecule has 3 heteroatoms. The van der Waals surface area contributed by atoms with Gasteiger partial charge in [0.05, 0.1) is 0 Å². The number of hydrogen-bond acceptors (Lipinski definition) is 1. The Hall–Kier alpha value is 0.400. The Bertz CT molecular complexity index is 270. The summed E-state index contributed by atoms with van der Waals surface area (Å²) in [5, 5.41) is 10.4. The number of allylic oxidation sites excluding steroid dienone is 2. The highest BCUT2D eigenvalue weighted by molar-refractivity contribution is 9.24. The summed E-state index contributed by atoms with van der Waals surface area (Å²) in [6, 6.07) is 0. The van der Waals surface area contributed by atoms with E-state index in [2.05, 4.69) is 44.5 Å². The minimum absolute atomic E-state index is 0.0964. The summed E-state index contributed by atoms with van der Waals surface area (Å²) in [6.45, 7) is 7.96. The molecule has 0 fully saturated rings. The molecule has 0 aliphatic heterocycles. The highest BCUT2D eigenvalue weighted by Crippen LogP contribution is 2.42. The van der Waals surface area contributed by atoms with E-state index in [4.69, 9.17) is 0 Å². The van der Waals surface area contributed by atoms with Crippen molar-refractivity contribution in [2.45, 2.75) is 36.0 Å². The Morgan fingerprint density at radius 2 is 2.29 bits per heavy atom. The standard InChI is InChI=1S/C11H16Br2O/c1-7(2)9-5-4-8(3)11(14,6-9)10(12)13/h4,9-10,14H,1,5-6H2,2-3H3/t9-,11-/m1/s1. The van der Waals surface area contributed by atoms with Gasteiger partial charge in [-0.2, -0.15) is 0 Å². The van der Waals surface area contributed by atoms with Crippen molar-refractivity contribution in [3.8, 4) is 0 Å². The van der Waals surface area contributed by atoms with Crippen LogP contribution in [0, 0.1) is 5.92 Å². The second-order valence-electron chi connectivity index (χ2n) is 4.10. The maximum absolute atomic E-state index is 10.4. The fraction of sp³-hybridized carbons (Fsp3) is 0.636. The van der Waals surface area contributed by atoms with Crippen molar-refractivity contribution in [1.29, 1.82) is 0 Å². The molecule has 14 heavy (non-hydrogen) atoms. The first-order valence-corrected chi connectivity index (χ1v) is 6.54. The zero-order valence-electron chi connectivity index (χ0n) is 8.56. The first-order valence-electron chi connectivity index (χ1n) is 4.71. The third-order valence-electron chi connectivity index (χ3n) is 3.01. The topological polar surface area (TPSA) is 20.2 Å². The van der Waals surface area contributed by atoms with Crippen LogP contribution in [0.2, 0.25) is 0 Å². The lowest BCUT2D eigenvalue weighted by Gasteiger charge is -2.38. The molecule has 0 unspecified atom stereocenters. The molecule has 0 aromatic rings. The summed E-state index contributed by atoms with van der Waals surface area (Å²) >= 11 is 6.81. The van der Waals surface area contributed by atoms with Gasteiger partial charge in [0.1, 0.15) is 9.34 Å². The molecule has 0 saturated carbocycles. The van der Waals surface area contributed by atoms with Crippen LogP contribution in [0.4, 0.5) is 0 Å². The van der Waals surface area contributed by atoms with Crippen molar-refractivity contribution in [1.82, 2.24) is 0 Å². The highest BCUT2D eigenvalue weighted by atomic mass is 79.9. The van der Waals surface area contributed by atoms with Gasteiger partial charge in [0.25, 0.3) is 0 Å². The summed E-state index contributed by atoms with van der Waals surface area (Å²) in [4.78, 5) is 0. The van der Waals surface area contributed by atoms with Gasteiger partial charge in [-0.3, -0.25) is 0 Å². The van der Waals surface area contributed by atoms with Crippen molar-refractivity contribution in [2.24, 2.45) is 5.92 Å². The van der Waals surface area contributed by atoms with Gasteiger partial charge in [0.15, 0.2) is 0 Å². The maximum atomic E-state index is 10.4. The third-order valence-corrected chi connectivity index (χ3v) is 4.52. The van der Waals surface area contributed by atoms with Crippen LogP contribution < -0.4 is 0 Å². The Morgan fingerprint density at radius 3 is 2.71 bits per heavy atom. The molecule has 1 aliphatic rings. The van der Waals surface area contributed by atoms with Gasteiger partial charge in [-0.05, 0) is 38.2 Å². The molecule has 0 saturated heterocycles. The average Bonchev–Trinajstić information content (AvgIpc) is 2.09. The molecule has 0 aromatic heterocycles. The number of rotatable bonds is 2. The first-order chi connectivity index (χ1) is 6.38. The zero-order valence-corrected chi connectivity index (χ0v) is 11.7. The summed E-state index contributed by atoms with van der Waals surface area (Å²) in [7, 11) is 0. The van der Waals surface area contributed by atoms with Crippen molar-refractivity contribution < 1.29 is 5.11 Å². The van der Waals surface area contributed by atoms with Gasteiger partial charge in [-0.1, -0.05) is 50.1 Å². The van der Waals surface area contributed by atoms with E-state index in [0.717, 1.165) is 24.0 Å². The number of halogens is 2. The van der Waals surface area contributed by atoms with Crippen LogP contribution in [-0.2, 0) is 0 Å². The molecule has 1 N–H and O–H groups in total. The summed E-state index contributed by atoms with van der Waals surface area (Å²) in [5.41, 5.74) is 1.41. The summed E-state index contributed by atoms with van der Waals surface area (Å²) < 4.78 is -0.0964. The smallest absolute Gasteiger partial charge is 0.108 e. The van der Waals surface area contributed by atoms with E-state index in [1.165, 1.54) is 0 Å².